The van der Waals surface area contributed by atoms with Gasteiger partial charge in [0.25, 0.3) is 0 Å². The summed E-state index contributed by atoms with van der Waals surface area (Å²) in [6.45, 7) is 1.01. The maximum Gasteiger partial charge on any atom is 0.211 e. The van der Waals surface area contributed by atoms with Gasteiger partial charge in [-0.3, -0.25) is 0 Å². The number of hydrogen-bond donors (Lipinski definition) is 2. The van der Waals surface area contributed by atoms with E-state index in [1.807, 2.05) is 30.3 Å². The Morgan fingerprint density at radius 1 is 1.12 bits per heavy atom. The standard InChI is InChI=1S/C18H24N2O4S/c1-23-18-9-8-17(19)12-16(18)13-20-25(21,22)11-5-10-24-14-15-6-3-2-4-7-15/h2-4,6-9,12,20H,5,10-11,13-14,19H2,1H3. The zero-order chi connectivity index (χ0) is 18.1. The predicted octanol–water partition coefficient (Wildman–Crippen LogP) is 2.30. The molecule has 0 amide bonds. The second kappa shape index (κ2) is 9.41. The van der Waals surface area contributed by atoms with Gasteiger partial charge in [0.1, 0.15) is 5.75 Å². The van der Waals surface area contributed by atoms with E-state index in [-0.39, 0.29) is 12.3 Å². The lowest BCUT2D eigenvalue weighted by atomic mass is 10.2. The fourth-order valence-corrected chi connectivity index (χ4v) is 3.33. The highest BCUT2D eigenvalue weighted by Crippen LogP contribution is 2.21. The molecule has 0 radical (unpaired) electrons. The maximum absolute atomic E-state index is 12.1. The van der Waals surface area contributed by atoms with Gasteiger partial charge in [0.2, 0.25) is 10.0 Å². The topological polar surface area (TPSA) is 90.6 Å². The third kappa shape index (κ3) is 6.74. The largest absolute Gasteiger partial charge is 0.496 e. The summed E-state index contributed by atoms with van der Waals surface area (Å²) in [5, 5.41) is 0. The number of methoxy groups -OCH3 is 1. The van der Waals surface area contributed by atoms with Crippen LogP contribution in [0.2, 0.25) is 0 Å². The van der Waals surface area contributed by atoms with E-state index in [9.17, 15) is 8.42 Å². The highest BCUT2D eigenvalue weighted by Gasteiger charge is 2.12. The highest BCUT2D eigenvalue weighted by atomic mass is 32.2. The van der Waals surface area contributed by atoms with Crippen LogP contribution in [-0.2, 0) is 27.9 Å². The Morgan fingerprint density at radius 3 is 2.60 bits per heavy atom. The number of benzene rings is 2. The highest BCUT2D eigenvalue weighted by molar-refractivity contribution is 7.89. The quantitative estimate of drug-likeness (QED) is 0.499. The summed E-state index contributed by atoms with van der Waals surface area (Å²) in [6, 6.07) is 14.9. The Hall–Kier alpha value is -2.09. The van der Waals surface area contributed by atoms with Crippen molar-refractivity contribution in [1.82, 2.24) is 4.72 Å². The van der Waals surface area contributed by atoms with Crippen LogP contribution >= 0.6 is 0 Å². The number of ether oxygens (including phenoxy) is 2. The first-order valence-corrected chi connectivity index (χ1v) is 9.67. The molecular weight excluding hydrogens is 340 g/mol. The molecule has 0 spiro atoms. The third-order valence-electron chi connectivity index (χ3n) is 3.60. The van der Waals surface area contributed by atoms with Crippen LogP contribution in [0.15, 0.2) is 48.5 Å². The van der Waals surface area contributed by atoms with E-state index in [1.165, 1.54) is 7.11 Å². The molecule has 3 N–H and O–H groups in total. The van der Waals surface area contributed by atoms with Crippen molar-refractivity contribution in [3.8, 4) is 5.75 Å². The summed E-state index contributed by atoms with van der Waals surface area (Å²) in [5.74, 6) is 0.606. The second-order valence-corrected chi connectivity index (χ2v) is 7.53. The van der Waals surface area contributed by atoms with Crippen molar-refractivity contribution in [3.63, 3.8) is 0 Å². The molecule has 7 heteroatoms. The van der Waals surface area contributed by atoms with Crippen LogP contribution in [0.25, 0.3) is 0 Å². The molecule has 0 aliphatic rings. The Bertz CT molecular complexity index is 764. The Kier molecular flexibility index (Phi) is 7.24. The molecule has 0 bridgehead atoms. The van der Waals surface area contributed by atoms with E-state index in [4.69, 9.17) is 15.2 Å². The number of rotatable bonds is 10. The summed E-state index contributed by atoms with van der Waals surface area (Å²) >= 11 is 0. The molecule has 0 atom stereocenters. The van der Waals surface area contributed by atoms with Crippen molar-refractivity contribution in [3.05, 3.63) is 59.7 Å². The van der Waals surface area contributed by atoms with Gasteiger partial charge in [-0.05, 0) is 30.2 Å². The fraction of sp³-hybridized carbons (Fsp3) is 0.333. The average Bonchev–Trinajstić information content (AvgIpc) is 2.61. The zero-order valence-corrected chi connectivity index (χ0v) is 15.1. The lowest BCUT2D eigenvalue weighted by Gasteiger charge is -2.11. The van der Waals surface area contributed by atoms with E-state index < -0.39 is 10.0 Å². The minimum Gasteiger partial charge on any atom is -0.496 e. The molecular formula is C18H24N2O4S. The van der Waals surface area contributed by atoms with Crippen LogP contribution < -0.4 is 15.2 Å². The Morgan fingerprint density at radius 2 is 1.88 bits per heavy atom. The zero-order valence-electron chi connectivity index (χ0n) is 14.3. The number of nitrogen functional groups attached to an aromatic ring is 1. The predicted molar refractivity (Wildman–Crippen MR) is 98.7 cm³/mol. The molecule has 0 heterocycles. The minimum absolute atomic E-state index is 0.00637. The maximum atomic E-state index is 12.1. The van der Waals surface area contributed by atoms with Crippen molar-refractivity contribution in [2.24, 2.45) is 0 Å². The molecule has 0 fully saturated rings. The van der Waals surface area contributed by atoms with Gasteiger partial charge < -0.3 is 15.2 Å². The number of anilines is 1. The van der Waals surface area contributed by atoms with Gasteiger partial charge >= 0.3 is 0 Å². The SMILES string of the molecule is COc1ccc(N)cc1CNS(=O)(=O)CCCOCc1ccccc1. The van der Waals surface area contributed by atoms with Crippen LogP contribution in [0, 0.1) is 0 Å². The van der Waals surface area contributed by atoms with Crippen molar-refractivity contribution < 1.29 is 17.9 Å². The van der Waals surface area contributed by atoms with E-state index in [0.29, 0.717) is 36.6 Å². The van der Waals surface area contributed by atoms with Gasteiger partial charge in [0.15, 0.2) is 0 Å². The Balaban J connectivity index is 1.74. The summed E-state index contributed by atoms with van der Waals surface area (Å²) in [5.41, 5.74) is 8.06. The molecule has 0 saturated carbocycles. The molecule has 0 aliphatic heterocycles. The smallest absolute Gasteiger partial charge is 0.211 e. The van der Waals surface area contributed by atoms with Crippen LogP contribution in [0.1, 0.15) is 17.5 Å². The first kappa shape index (κ1) is 19.2. The molecule has 2 aromatic carbocycles. The number of nitrogens with one attached hydrogen (secondary N) is 1. The summed E-state index contributed by atoms with van der Waals surface area (Å²) in [7, 11) is -1.85. The first-order chi connectivity index (χ1) is 12.0. The summed E-state index contributed by atoms with van der Waals surface area (Å²) in [4.78, 5) is 0. The van der Waals surface area contributed by atoms with Gasteiger partial charge in [-0.25, -0.2) is 13.1 Å². The normalized spacial score (nSPS) is 11.4. The van der Waals surface area contributed by atoms with E-state index in [1.54, 1.807) is 18.2 Å². The molecule has 0 unspecified atom stereocenters. The summed E-state index contributed by atoms with van der Waals surface area (Å²) < 4.78 is 37.4. The van der Waals surface area contributed by atoms with E-state index >= 15 is 0 Å². The number of sulfonamides is 1. The molecule has 0 aliphatic carbocycles. The van der Waals surface area contributed by atoms with Crippen LogP contribution in [-0.4, -0.2) is 27.9 Å². The van der Waals surface area contributed by atoms with E-state index in [0.717, 1.165) is 5.56 Å². The van der Waals surface area contributed by atoms with Crippen molar-refractivity contribution >= 4 is 15.7 Å². The van der Waals surface area contributed by atoms with Crippen LogP contribution in [0.3, 0.4) is 0 Å². The molecule has 6 nitrogen and oxygen atoms in total. The van der Waals surface area contributed by atoms with Crippen molar-refractivity contribution in [2.45, 2.75) is 19.6 Å². The van der Waals surface area contributed by atoms with Crippen LogP contribution in [0.4, 0.5) is 5.69 Å². The number of hydrogen-bond acceptors (Lipinski definition) is 5. The molecule has 25 heavy (non-hydrogen) atoms. The van der Waals surface area contributed by atoms with Gasteiger partial charge in [-0.15, -0.1) is 0 Å². The van der Waals surface area contributed by atoms with Crippen molar-refractivity contribution in [2.75, 3.05) is 25.2 Å². The second-order valence-electron chi connectivity index (χ2n) is 5.60. The fourth-order valence-electron chi connectivity index (χ4n) is 2.31. The van der Waals surface area contributed by atoms with Gasteiger partial charge in [0.05, 0.1) is 19.5 Å². The average molecular weight is 364 g/mol. The number of nitrogens with two attached hydrogens (primary N) is 1. The van der Waals surface area contributed by atoms with Gasteiger partial charge in [-0.1, -0.05) is 30.3 Å². The molecule has 0 aromatic heterocycles. The van der Waals surface area contributed by atoms with Crippen molar-refractivity contribution in [1.29, 1.82) is 0 Å². The monoisotopic (exact) mass is 364 g/mol. The summed E-state index contributed by atoms with van der Waals surface area (Å²) in [6.07, 6.45) is 0.427. The Labute approximate surface area is 149 Å². The molecule has 0 saturated heterocycles. The molecule has 2 aromatic rings. The van der Waals surface area contributed by atoms with Gasteiger partial charge in [0, 0.05) is 24.4 Å². The van der Waals surface area contributed by atoms with Crippen LogP contribution in [0.5, 0.6) is 5.75 Å². The third-order valence-corrected chi connectivity index (χ3v) is 5.01. The molecule has 136 valence electrons. The lowest BCUT2D eigenvalue weighted by Crippen LogP contribution is -2.26. The van der Waals surface area contributed by atoms with Gasteiger partial charge in [-0.2, -0.15) is 0 Å². The minimum atomic E-state index is -3.39. The lowest BCUT2D eigenvalue weighted by molar-refractivity contribution is 0.122. The first-order valence-electron chi connectivity index (χ1n) is 8.01. The molecule has 2 rings (SSSR count). The van der Waals surface area contributed by atoms with E-state index in [2.05, 4.69) is 4.72 Å².